The summed E-state index contributed by atoms with van der Waals surface area (Å²) in [7, 11) is 1.14. The number of alkyl halides is 3. The third-order valence-corrected chi connectivity index (χ3v) is 2.08. The molecule has 0 fully saturated rings. The van der Waals surface area contributed by atoms with E-state index in [-0.39, 0.29) is 11.0 Å². The smallest absolute Gasteiger partial charge is 0.436 e. The van der Waals surface area contributed by atoms with E-state index in [1.165, 1.54) is 0 Å². The Morgan fingerprint density at radius 3 is 2.67 bits per heavy atom. The highest BCUT2D eigenvalue weighted by atomic mass is 79.9. The third kappa shape index (κ3) is 2.95. The summed E-state index contributed by atoms with van der Waals surface area (Å²) in [6, 6.07) is 0. The molecule has 0 amide bonds. The lowest BCUT2D eigenvalue weighted by molar-refractivity contribution is -0.144. The van der Waals surface area contributed by atoms with Gasteiger partial charge in [0.2, 0.25) is 0 Å². The zero-order valence-corrected chi connectivity index (χ0v) is 9.09. The summed E-state index contributed by atoms with van der Waals surface area (Å²) in [4.78, 5) is 10.8. The molecule has 0 saturated heterocycles. The highest BCUT2D eigenvalue weighted by molar-refractivity contribution is 9.10. The molecular weight excluding hydrogens is 281 g/mol. The number of ether oxygens (including phenoxy) is 1. The van der Waals surface area contributed by atoms with Crippen molar-refractivity contribution in [3.8, 4) is 0 Å². The number of rotatable bonds is 2. The Labute approximate surface area is 91.1 Å². The van der Waals surface area contributed by atoms with Crippen LogP contribution in [0.15, 0.2) is 10.7 Å². The van der Waals surface area contributed by atoms with Crippen molar-refractivity contribution in [1.82, 2.24) is 9.78 Å². The molecule has 0 aliphatic heterocycles. The maximum Gasteiger partial charge on any atom is 0.436 e. The molecule has 0 radical (unpaired) electrons. The summed E-state index contributed by atoms with van der Waals surface area (Å²) in [6.07, 6.45) is -3.47. The van der Waals surface area contributed by atoms with E-state index in [0.29, 0.717) is 0 Å². The molecule has 1 aromatic heterocycles. The lowest BCUT2D eigenvalue weighted by Crippen LogP contribution is -2.13. The molecule has 0 atom stereocenters. The molecular formula is C7H6BrF3N2O2. The number of nitrogens with zero attached hydrogens (tertiary/aromatic N) is 2. The third-order valence-electron chi connectivity index (χ3n) is 1.50. The zero-order chi connectivity index (χ0) is 11.6. The summed E-state index contributed by atoms with van der Waals surface area (Å²) >= 11 is 2.71. The second kappa shape index (κ2) is 4.21. The van der Waals surface area contributed by atoms with Gasteiger partial charge in [0.15, 0.2) is 5.69 Å². The van der Waals surface area contributed by atoms with Gasteiger partial charge in [0, 0.05) is 6.20 Å². The van der Waals surface area contributed by atoms with Gasteiger partial charge in [-0.15, -0.1) is 0 Å². The maximum absolute atomic E-state index is 12.3. The van der Waals surface area contributed by atoms with Crippen molar-refractivity contribution in [3.05, 3.63) is 16.4 Å². The maximum atomic E-state index is 12.3. The van der Waals surface area contributed by atoms with Gasteiger partial charge in [-0.3, -0.25) is 9.48 Å². The van der Waals surface area contributed by atoms with Gasteiger partial charge >= 0.3 is 12.1 Å². The van der Waals surface area contributed by atoms with Crippen LogP contribution in [-0.2, 0) is 22.3 Å². The van der Waals surface area contributed by atoms with Crippen LogP contribution in [0.3, 0.4) is 0 Å². The molecule has 0 aliphatic carbocycles. The number of methoxy groups -OCH3 is 1. The number of hydrogen-bond donors (Lipinski definition) is 0. The van der Waals surface area contributed by atoms with Gasteiger partial charge in [-0.25, -0.2) is 0 Å². The van der Waals surface area contributed by atoms with Crippen molar-refractivity contribution in [2.75, 3.05) is 7.11 Å². The van der Waals surface area contributed by atoms with Crippen LogP contribution in [0.1, 0.15) is 5.69 Å². The van der Waals surface area contributed by atoms with Crippen LogP contribution in [0.25, 0.3) is 0 Å². The molecule has 4 nitrogen and oxygen atoms in total. The number of esters is 1. The average Bonchev–Trinajstić information content (AvgIpc) is 2.45. The van der Waals surface area contributed by atoms with Gasteiger partial charge < -0.3 is 4.74 Å². The molecule has 0 aliphatic rings. The molecule has 0 aromatic carbocycles. The highest BCUT2D eigenvalue weighted by Gasteiger charge is 2.36. The number of aromatic nitrogens is 2. The minimum Gasteiger partial charge on any atom is -0.468 e. The topological polar surface area (TPSA) is 44.1 Å². The molecule has 8 heteroatoms. The number of carbonyl (C=O) groups excluding carboxylic acids is 1. The largest absolute Gasteiger partial charge is 0.468 e. The zero-order valence-electron chi connectivity index (χ0n) is 7.51. The van der Waals surface area contributed by atoms with E-state index in [2.05, 4.69) is 25.8 Å². The first kappa shape index (κ1) is 12.0. The van der Waals surface area contributed by atoms with Crippen molar-refractivity contribution < 1.29 is 22.7 Å². The summed E-state index contributed by atoms with van der Waals surface area (Å²) in [5.74, 6) is -0.668. The second-order valence-electron chi connectivity index (χ2n) is 2.60. The number of hydrogen-bond acceptors (Lipinski definition) is 3. The standard InChI is InChI=1S/C7H6BrF3N2O2/c1-15-5(14)3-13-2-4(8)6(12-13)7(9,10)11/h2H,3H2,1H3. The Morgan fingerprint density at radius 1 is 1.67 bits per heavy atom. The minimum absolute atomic E-state index is 0.209. The molecule has 1 rings (SSSR count). The fraction of sp³-hybridized carbons (Fsp3) is 0.429. The van der Waals surface area contributed by atoms with E-state index in [1.54, 1.807) is 0 Å². The normalized spacial score (nSPS) is 11.5. The van der Waals surface area contributed by atoms with Gasteiger partial charge in [-0.05, 0) is 15.9 Å². The van der Waals surface area contributed by atoms with Crippen LogP contribution in [0, 0.1) is 0 Å². The van der Waals surface area contributed by atoms with Crippen molar-refractivity contribution in [2.24, 2.45) is 0 Å². The first-order chi connectivity index (χ1) is 6.84. The monoisotopic (exact) mass is 286 g/mol. The molecule has 0 bridgehead atoms. The van der Waals surface area contributed by atoms with Gasteiger partial charge in [0.25, 0.3) is 0 Å². The number of halogens is 4. The lowest BCUT2D eigenvalue weighted by atomic mass is 10.4. The average molecular weight is 287 g/mol. The van der Waals surface area contributed by atoms with Crippen LogP contribution in [0.5, 0.6) is 0 Å². The first-order valence-corrected chi connectivity index (χ1v) is 4.51. The quantitative estimate of drug-likeness (QED) is 0.780. The van der Waals surface area contributed by atoms with E-state index in [4.69, 9.17) is 0 Å². The molecule has 0 saturated carbocycles. The van der Waals surface area contributed by atoms with Crippen LogP contribution in [-0.4, -0.2) is 22.9 Å². The molecule has 0 N–H and O–H groups in total. The van der Waals surface area contributed by atoms with Crippen molar-refractivity contribution >= 4 is 21.9 Å². The fourth-order valence-corrected chi connectivity index (χ4v) is 1.41. The van der Waals surface area contributed by atoms with Crippen LogP contribution < -0.4 is 0 Å². The Bertz CT molecular complexity index is 375. The van der Waals surface area contributed by atoms with E-state index in [1.807, 2.05) is 0 Å². The second-order valence-corrected chi connectivity index (χ2v) is 3.45. The SMILES string of the molecule is COC(=O)Cn1cc(Br)c(C(F)(F)F)n1. The van der Waals surface area contributed by atoms with E-state index < -0.39 is 17.8 Å². The first-order valence-electron chi connectivity index (χ1n) is 3.71. The molecule has 1 aromatic rings. The predicted octanol–water partition coefficient (Wildman–Crippen LogP) is 1.84. The molecule has 1 heterocycles. The Hall–Kier alpha value is -1.05. The summed E-state index contributed by atoms with van der Waals surface area (Å²) < 4.78 is 41.7. The van der Waals surface area contributed by atoms with Gasteiger partial charge in [-0.1, -0.05) is 0 Å². The molecule has 0 spiro atoms. The molecule has 0 unspecified atom stereocenters. The lowest BCUT2D eigenvalue weighted by Gasteiger charge is -2.02. The summed E-state index contributed by atoms with van der Waals surface area (Å²) in [5.41, 5.74) is -1.06. The van der Waals surface area contributed by atoms with E-state index in [0.717, 1.165) is 18.0 Å². The fourth-order valence-electron chi connectivity index (χ4n) is 0.867. The summed E-state index contributed by atoms with van der Waals surface area (Å²) in [6.45, 7) is -0.356. The van der Waals surface area contributed by atoms with Gasteiger partial charge in [-0.2, -0.15) is 18.3 Å². The van der Waals surface area contributed by atoms with E-state index >= 15 is 0 Å². The predicted molar refractivity (Wildman–Crippen MR) is 46.9 cm³/mol. The molecule has 84 valence electrons. The van der Waals surface area contributed by atoms with Crippen LogP contribution >= 0.6 is 15.9 Å². The van der Waals surface area contributed by atoms with Gasteiger partial charge in [0.05, 0.1) is 11.6 Å². The van der Waals surface area contributed by atoms with Gasteiger partial charge in [0.1, 0.15) is 6.54 Å². The Morgan fingerprint density at radius 2 is 2.27 bits per heavy atom. The van der Waals surface area contributed by atoms with Crippen LogP contribution in [0.4, 0.5) is 13.2 Å². The highest BCUT2D eigenvalue weighted by Crippen LogP contribution is 2.33. The Balaban J connectivity index is 2.91. The van der Waals surface area contributed by atoms with Crippen LogP contribution in [0.2, 0.25) is 0 Å². The summed E-state index contributed by atoms with van der Waals surface area (Å²) in [5, 5.41) is 3.21. The van der Waals surface area contributed by atoms with E-state index in [9.17, 15) is 18.0 Å². The van der Waals surface area contributed by atoms with Crippen molar-refractivity contribution in [3.63, 3.8) is 0 Å². The minimum atomic E-state index is -4.54. The Kier molecular flexibility index (Phi) is 3.38. The number of carbonyl (C=O) groups is 1. The van der Waals surface area contributed by atoms with Crippen molar-refractivity contribution in [1.29, 1.82) is 0 Å². The molecule has 15 heavy (non-hydrogen) atoms. The van der Waals surface area contributed by atoms with Crippen molar-refractivity contribution in [2.45, 2.75) is 12.7 Å².